The molecule has 0 saturated heterocycles. The van der Waals surface area contributed by atoms with Crippen LogP contribution in [0.3, 0.4) is 0 Å². The Bertz CT molecular complexity index is 562. The summed E-state index contributed by atoms with van der Waals surface area (Å²) in [6, 6.07) is 8.96. The molecule has 0 radical (unpaired) electrons. The van der Waals surface area contributed by atoms with Crippen LogP contribution in [0.5, 0.6) is 0 Å². The summed E-state index contributed by atoms with van der Waals surface area (Å²) in [5, 5.41) is 7.98. The number of anilines is 2. The van der Waals surface area contributed by atoms with Crippen molar-refractivity contribution in [3.63, 3.8) is 0 Å². The monoisotopic (exact) mass is 344 g/mol. The number of rotatable bonds is 5. The van der Waals surface area contributed by atoms with E-state index in [0.29, 0.717) is 6.04 Å². The molecule has 1 aromatic carbocycles. The average Bonchev–Trinajstić information content (AvgIpc) is 2.78. The number of nitrogens with zero attached hydrogens (tertiary/aromatic N) is 3. The highest BCUT2D eigenvalue weighted by atomic mass is 35.5. The van der Waals surface area contributed by atoms with Gasteiger partial charge in [0, 0.05) is 44.1 Å². The van der Waals surface area contributed by atoms with E-state index in [4.69, 9.17) is 0 Å². The van der Waals surface area contributed by atoms with Crippen molar-refractivity contribution in [1.29, 1.82) is 0 Å². The largest absolute Gasteiger partial charge is 0.378 e. The lowest BCUT2D eigenvalue weighted by Crippen LogP contribution is -2.08. The molecular weight excluding hydrogens is 319 g/mol. The van der Waals surface area contributed by atoms with Crippen LogP contribution in [0.25, 0.3) is 0 Å². The lowest BCUT2D eigenvalue weighted by molar-refractivity contribution is 0.533. The van der Waals surface area contributed by atoms with Gasteiger partial charge in [-0.15, -0.1) is 24.8 Å². The van der Waals surface area contributed by atoms with E-state index in [9.17, 15) is 0 Å². The summed E-state index contributed by atoms with van der Waals surface area (Å²) in [5.74, 6) is 0.968. The summed E-state index contributed by atoms with van der Waals surface area (Å²) in [6.45, 7) is 7.15. The van der Waals surface area contributed by atoms with Gasteiger partial charge in [-0.3, -0.25) is 4.68 Å². The van der Waals surface area contributed by atoms with E-state index >= 15 is 0 Å². The first-order valence-electron chi connectivity index (χ1n) is 7.03. The van der Waals surface area contributed by atoms with Crippen LogP contribution in [-0.4, -0.2) is 23.9 Å². The molecule has 0 fully saturated rings. The molecule has 2 rings (SSSR count). The van der Waals surface area contributed by atoms with Crippen LogP contribution in [0.15, 0.2) is 30.5 Å². The van der Waals surface area contributed by atoms with Crippen LogP contribution in [-0.2, 0) is 6.54 Å². The van der Waals surface area contributed by atoms with Crippen molar-refractivity contribution in [2.75, 3.05) is 24.3 Å². The number of benzene rings is 1. The van der Waals surface area contributed by atoms with Crippen LogP contribution in [0.4, 0.5) is 11.5 Å². The Balaban J connectivity index is 0.00000220. The fourth-order valence-corrected chi connectivity index (χ4v) is 2.02. The zero-order valence-electron chi connectivity index (χ0n) is 13.8. The zero-order valence-corrected chi connectivity index (χ0v) is 15.5. The maximum absolute atomic E-state index is 4.57. The van der Waals surface area contributed by atoms with E-state index in [1.54, 1.807) is 0 Å². The van der Waals surface area contributed by atoms with Gasteiger partial charge in [0.25, 0.3) is 0 Å². The Kier molecular flexibility index (Phi) is 8.35. The molecule has 0 spiro atoms. The fourth-order valence-electron chi connectivity index (χ4n) is 2.02. The van der Waals surface area contributed by atoms with Crippen molar-refractivity contribution in [1.82, 2.24) is 9.78 Å². The van der Waals surface area contributed by atoms with Gasteiger partial charge in [0.15, 0.2) is 5.82 Å². The van der Waals surface area contributed by atoms with Gasteiger partial charge >= 0.3 is 0 Å². The van der Waals surface area contributed by atoms with Gasteiger partial charge in [0.05, 0.1) is 0 Å². The van der Waals surface area contributed by atoms with Crippen molar-refractivity contribution >= 4 is 36.3 Å². The van der Waals surface area contributed by atoms with Gasteiger partial charge < -0.3 is 10.2 Å². The van der Waals surface area contributed by atoms with Crippen LogP contribution in [0.2, 0.25) is 0 Å². The Morgan fingerprint density at radius 3 is 2.18 bits per heavy atom. The smallest absolute Gasteiger partial charge is 0.151 e. The molecule has 2 aromatic rings. The first kappa shape index (κ1) is 20.6. The maximum Gasteiger partial charge on any atom is 0.151 e. The third kappa shape index (κ3) is 5.11. The van der Waals surface area contributed by atoms with Gasteiger partial charge in [0.1, 0.15) is 0 Å². The molecule has 0 amide bonds. The summed E-state index contributed by atoms with van der Waals surface area (Å²) in [6.07, 6.45) is 2.09. The maximum atomic E-state index is 4.57. The van der Waals surface area contributed by atoms with Crippen LogP contribution in [0, 0.1) is 6.92 Å². The van der Waals surface area contributed by atoms with Gasteiger partial charge in [-0.2, -0.15) is 5.10 Å². The van der Waals surface area contributed by atoms with Crippen molar-refractivity contribution in [2.24, 2.45) is 0 Å². The minimum atomic E-state index is 0. The first-order valence-corrected chi connectivity index (χ1v) is 7.03. The minimum absolute atomic E-state index is 0. The molecule has 0 saturated carbocycles. The van der Waals surface area contributed by atoms with E-state index in [-0.39, 0.29) is 24.8 Å². The molecule has 0 atom stereocenters. The molecule has 0 bridgehead atoms. The quantitative estimate of drug-likeness (QED) is 0.877. The molecule has 124 valence electrons. The molecule has 4 nitrogen and oxygen atoms in total. The molecule has 22 heavy (non-hydrogen) atoms. The van der Waals surface area contributed by atoms with Crippen LogP contribution >= 0.6 is 24.8 Å². The second kappa shape index (κ2) is 8.91. The number of nitrogens with one attached hydrogen (secondary N) is 1. The van der Waals surface area contributed by atoms with Gasteiger partial charge in [0.2, 0.25) is 0 Å². The molecule has 0 aliphatic rings. The topological polar surface area (TPSA) is 33.1 Å². The summed E-state index contributed by atoms with van der Waals surface area (Å²) >= 11 is 0. The van der Waals surface area contributed by atoms with Crippen molar-refractivity contribution < 1.29 is 0 Å². The summed E-state index contributed by atoms with van der Waals surface area (Å²) < 4.78 is 1.99. The molecule has 0 aliphatic carbocycles. The molecular formula is C16H26Cl2N4. The van der Waals surface area contributed by atoms with Crippen molar-refractivity contribution in [3.05, 3.63) is 41.6 Å². The molecule has 1 aromatic heterocycles. The number of hydrogen-bond donors (Lipinski definition) is 1. The first-order chi connectivity index (χ1) is 9.47. The minimum Gasteiger partial charge on any atom is -0.378 e. The van der Waals surface area contributed by atoms with Crippen molar-refractivity contribution in [3.8, 4) is 0 Å². The van der Waals surface area contributed by atoms with Gasteiger partial charge in [-0.25, -0.2) is 0 Å². The number of hydrogen-bond acceptors (Lipinski definition) is 3. The second-order valence-corrected chi connectivity index (χ2v) is 5.65. The Hall–Kier alpha value is -1.39. The SMILES string of the molecule is Cc1cn(C(C)C)nc1NCc1ccc(N(C)C)cc1.Cl.Cl. The Labute approximate surface area is 145 Å². The Morgan fingerprint density at radius 1 is 1.14 bits per heavy atom. The van der Waals surface area contributed by atoms with Crippen LogP contribution < -0.4 is 10.2 Å². The normalized spacial score (nSPS) is 9.91. The second-order valence-electron chi connectivity index (χ2n) is 5.65. The zero-order chi connectivity index (χ0) is 14.7. The summed E-state index contributed by atoms with van der Waals surface area (Å²) in [4.78, 5) is 2.10. The van der Waals surface area contributed by atoms with E-state index in [1.165, 1.54) is 16.8 Å². The van der Waals surface area contributed by atoms with Gasteiger partial charge in [-0.05, 0) is 38.5 Å². The highest BCUT2D eigenvalue weighted by molar-refractivity contribution is 5.85. The lowest BCUT2D eigenvalue weighted by atomic mass is 10.2. The lowest BCUT2D eigenvalue weighted by Gasteiger charge is -2.13. The average molecular weight is 345 g/mol. The predicted octanol–water partition coefficient (Wildman–Crippen LogP) is 4.29. The Morgan fingerprint density at radius 2 is 1.73 bits per heavy atom. The van der Waals surface area contributed by atoms with E-state index in [1.807, 2.05) is 4.68 Å². The highest BCUT2D eigenvalue weighted by Gasteiger charge is 2.06. The van der Waals surface area contributed by atoms with Gasteiger partial charge in [-0.1, -0.05) is 12.1 Å². The standard InChI is InChI=1S/C16H24N4.2ClH/c1-12(2)20-11-13(3)16(18-20)17-10-14-6-8-15(9-7-14)19(4)5;;/h6-9,11-12H,10H2,1-5H3,(H,17,18);2*1H. The molecule has 1 N–H and O–H groups in total. The fraction of sp³-hybridized carbons (Fsp3) is 0.438. The van der Waals surface area contributed by atoms with E-state index in [2.05, 4.69) is 80.6 Å². The molecule has 0 unspecified atom stereocenters. The van der Waals surface area contributed by atoms with Crippen molar-refractivity contribution in [2.45, 2.75) is 33.4 Å². The van der Waals surface area contributed by atoms with E-state index < -0.39 is 0 Å². The predicted molar refractivity (Wildman–Crippen MR) is 99.9 cm³/mol. The number of halogens is 2. The highest BCUT2D eigenvalue weighted by Crippen LogP contribution is 2.17. The third-order valence-electron chi connectivity index (χ3n) is 3.36. The summed E-state index contributed by atoms with van der Waals surface area (Å²) in [7, 11) is 4.10. The molecule has 6 heteroatoms. The van der Waals surface area contributed by atoms with E-state index in [0.717, 1.165) is 12.4 Å². The molecule has 1 heterocycles. The molecule has 0 aliphatic heterocycles. The third-order valence-corrected chi connectivity index (χ3v) is 3.36. The van der Waals surface area contributed by atoms with Crippen LogP contribution in [0.1, 0.15) is 31.0 Å². The number of aromatic nitrogens is 2. The summed E-state index contributed by atoms with van der Waals surface area (Å²) in [5.41, 5.74) is 3.66. The number of aryl methyl sites for hydroxylation is 1.